The molecule has 5 nitrogen and oxygen atoms in total. The van der Waals surface area contributed by atoms with Gasteiger partial charge in [0.15, 0.2) is 0 Å². The Kier molecular flexibility index (Phi) is 3.56. The number of carbonyl (C=O) groups excluding carboxylic acids is 1. The van der Waals surface area contributed by atoms with Gasteiger partial charge in [0.2, 0.25) is 5.91 Å². The van der Waals surface area contributed by atoms with Crippen molar-refractivity contribution in [3.63, 3.8) is 0 Å². The van der Waals surface area contributed by atoms with E-state index in [0.717, 1.165) is 22.8 Å². The van der Waals surface area contributed by atoms with Crippen LogP contribution < -0.4 is 10.2 Å². The molecule has 1 aliphatic heterocycles. The lowest BCUT2D eigenvalue weighted by Crippen LogP contribution is -2.48. The first-order chi connectivity index (χ1) is 8.36. The van der Waals surface area contributed by atoms with E-state index < -0.39 is 0 Å². The second kappa shape index (κ2) is 4.84. The Morgan fingerprint density at radius 2 is 2.11 bits per heavy atom. The summed E-state index contributed by atoms with van der Waals surface area (Å²) in [6.07, 6.45) is 0. The van der Waals surface area contributed by atoms with Gasteiger partial charge in [-0.1, -0.05) is 20.8 Å². The quantitative estimate of drug-likeness (QED) is 0.798. The lowest BCUT2D eigenvalue weighted by atomic mass is 9.96. The van der Waals surface area contributed by atoms with Crippen LogP contribution in [0, 0.1) is 0 Å². The fourth-order valence-electron chi connectivity index (χ4n) is 1.74. The lowest BCUT2D eigenvalue weighted by molar-refractivity contribution is -0.120. The Bertz CT molecular complexity index is 470. The van der Waals surface area contributed by atoms with Gasteiger partial charge in [0.1, 0.15) is 16.2 Å². The van der Waals surface area contributed by atoms with Crippen molar-refractivity contribution in [2.24, 2.45) is 0 Å². The van der Waals surface area contributed by atoms with E-state index in [0.29, 0.717) is 13.1 Å². The van der Waals surface area contributed by atoms with Gasteiger partial charge in [0.25, 0.3) is 0 Å². The standard InChI is InChI=1S/C12H17BrN4O/c1-12(2,3)11-15-8(13)6-9(16-11)17-5-4-14-10(18)7-17/h6H,4-5,7H2,1-3H3,(H,14,18). The van der Waals surface area contributed by atoms with Crippen molar-refractivity contribution < 1.29 is 4.79 Å². The van der Waals surface area contributed by atoms with E-state index in [4.69, 9.17) is 0 Å². The summed E-state index contributed by atoms with van der Waals surface area (Å²) in [5.74, 6) is 1.61. The topological polar surface area (TPSA) is 58.1 Å². The largest absolute Gasteiger partial charge is 0.353 e. The van der Waals surface area contributed by atoms with E-state index >= 15 is 0 Å². The minimum absolute atomic E-state index is 0.0355. The number of carbonyl (C=O) groups is 1. The van der Waals surface area contributed by atoms with Gasteiger partial charge in [0.05, 0.1) is 6.54 Å². The van der Waals surface area contributed by atoms with Crippen molar-refractivity contribution in [2.45, 2.75) is 26.2 Å². The molecule has 1 fully saturated rings. The molecule has 1 aromatic rings. The molecule has 0 spiro atoms. The van der Waals surface area contributed by atoms with Crippen LogP contribution in [0.1, 0.15) is 26.6 Å². The van der Waals surface area contributed by atoms with Gasteiger partial charge in [-0.15, -0.1) is 0 Å². The van der Waals surface area contributed by atoms with Gasteiger partial charge in [-0.05, 0) is 15.9 Å². The minimum Gasteiger partial charge on any atom is -0.353 e. The number of anilines is 1. The average Bonchev–Trinajstić information content (AvgIpc) is 2.27. The molecule has 0 saturated carbocycles. The maximum atomic E-state index is 11.4. The number of halogens is 1. The third kappa shape index (κ3) is 2.98. The van der Waals surface area contributed by atoms with Crippen LogP contribution in [-0.4, -0.2) is 35.5 Å². The van der Waals surface area contributed by atoms with Gasteiger partial charge in [-0.2, -0.15) is 0 Å². The van der Waals surface area contributed by atoms with E-state index in [1.165, 1.54) is 0 Å². The Balaban J connectivity index is 2.33. The van der Waals surface area contributed by atoms with E-state index in [2.05, 4.69) is 52.0 Å². The van der Waals surface area contributed by atoms with Crippen molar-refractivity contribution in [2.75, 3.05) is 24.5 Å². The predicted octanol–water partition coefficient (Wildman–Crippen LogP) is 1.47. The van der Waals surface area contributed by atoms with Crippen LogP contribution in [0.25, 0.3) is 0 Å². The van der Waals surface area contributed by atoms with Crippen molar-refractivity contribution in [3.8, 4) is 0 Å². The number of nitrogens with zero attached hydrogens (tertiary/aromatic N) is 3. The molecular formula is C12H17BrN4O. The number of hydrogen-bond donors (Lipinski definition) is 1. The lowest BCUT2D eigenvalue weighted by Gasteiger charge is -2.28. The molecule has 1 aromatic heterocycles. The molecule has 0 aliphatic carbocycles. The summed E-state index contributed by atoms with van der Waals surface area (Å²) in [5, 5.41) is 2.81. The Hall–Kier alpha value is -1.17. The van der Waals surface area contributed by atoms with Crippen LogP contribution in [0.5, 0.6) is 0 Å². The molecule has 0 unspecified atom stereocenters. The second-order valence-corrected chi connectivity index (χ2v) is 6.21. The summed E-state index contributed by atoms with van der Waals surface area (Å²) in [6.45, 7) is 8.00. The number of hydrogen-bond acceptors (Lipinski definition) is 4. The van der Waals surface area contributed by atoms with Gasteiger partial charge in [-0.25, -0.2) is 9.97 Å². The summed E-state index contributed by atoms with van der Waals surface area (Å²) >= 11 is 3.41. The maximum Gasteiger partial charge on any atom is 0.239 e. The summed E-state index contributed by atoms with van der Waals surface area (Å²) in [4.78, 5) is 22.3. The fourth-order valence-corrected chi connectivity index (χ4v) is 2.11. The highest BCUT2D eigenvalue weighted by Crippen LogP contribution is 2.24. The molecular weight excluding hydrogens is 296 g/mol. The van der Waals surface area contributed by atoms with Gasteiger partial charge in [-0.3, -0.25) is 4.79 Å². The molecule has 0 bridgehead atoms. The number of rotatable bonds is 1. The smallest absolute Gasteiger partial charge is 0.239 e. The van der Waals surface area contributed by atoms with Crippen LogP contribution in [0.2, 0.25) is 0 Å². The van der Waals surface area contributed by atoms with Crippen LogP contribution in [0.15, 0.2) is 10.7 Å². The van der Waals surface area contributed by atoms with E-state index in [-0.39, 0.29) is 11.3 Å². The van der Waals surface area contributed by atoms with Crippen molar-refractivity contribution in [1.82, 2.24) is 15.3 Å². The molecule has 2 rings (SSSR count). The molecule has 0 atom stereocenters. The van der Waals surface area contributed by atoms with Gasteiger partial charge < -0.3 is 10.2 Å². The monoisotopic (exact) mass is 312 g/mol. The van der Waals surface area contributed by atoms with E-state index in [1.807, 2.05) is 11.0 Å². The molecule has 1 N–H and O–H groups in total. The second-order valence-electron chi connectivity index (χ2n) is 5.39. The molecule has 2 heterocycles. The van der Waals surface area contributed by atoms with Crippen molar-refractivity contribution >= 4 is 27.7 Å². The van der Waals surface area contributed by atoms with E-state index in [9.17, 15) is 4.79 Å². The Morgan fingerprint density at radius 3 is 2.72 bits per heavy atom. The number of amides is 1. The highest BCUT2D eigenvalue weighted by atomic mass is 79.9. The summed E-state index contributed by atoms with van der Waals surface area (Å²) in [7, 11) is 0. The first-order valence-electron chi connectivity index (χ1n) is 5.93. The van der Waals surface area contributed by atoms with Gasteiger partial charge >= 0.3 is 0 Å². The van der Waals surface area contributed by atoms with Crippen molar-refractivity contribution in [3.05, 3.63) is 16.5 Å². The first-order valence-corrected chi connectivity index (χ1v) is 6.72. The zero-order valence-electron chi connectivity index (χ0n) is 10.8. The first kappa shape index (κ1) is 13.3. The summed E-state index contributed by atoms with van der Waals surface area (Å²) in [5.41, 5.74) is -0.115. The highest BCUT2D eigenvalue weighted by molar-refractivity contribution is 9.10. The third-order valence-electron chi connectivity index (χ3n) is 2.71. The Labute approximate surface area is 115 Å². The number of aromatic nitrogens is 2. The van der Waals surface area contributed by atoms with Crippen LogP contribution in [0.3, 0.4) is 0 Å². The molecule has 0 aromatic carbocycles. The highest BCUT2D eigenvalue weighted by Gasteiger charge is 2.22. The van der Waals surface area contributed by atoms with E-state index in [1.54, 1.807) is 0 Å². The summed E-state index contributed by atoms with van der Waals surface area (Å²) in [6, 6.07) is 1.86. The average molecular weight is 313 g/mol. The molecule has 1 amide bonds. The molecule has 1 aliphatic rings. The molecule has 98 valence electrons. The predicted molar refractivity (Wildman–Crippen MR) is 73.7 cm³/mol. The molecule has 0 radical (unpaired) electrons. The fraction of sp³-hybridized carbons (Fsp3) is 0.583. The Morgan fingerprint density at radius 1 is 1.39 bits per heavy atom. The normalized spacial score (nSPS) is 16.7. The molecule has 6 heteroatoms. The van der Waals surface area contributed by atoms with Crippen molar-refractivity contribution in [1.29, 1.82) is 0 Å². The SMILES string of the molecule is CC(C)(C)c1nc(Br)cc(N2CCNC(=O)C2)n1. The summed E-state index contributed by atoms with van der Waals surface area (Å²) < 4.78 is 0.753. The zero-order chi connectivity index (χ0) is 13.3. The zero-order valence-corrected chi connectivity index (χ0v) is 12.4. The van der Waals surface area contributed by atoms with Crippen LogP contribution in [-0.2, 0) is 10.2 Å². The number of nitrogens with one attached hydrogen (secondary N) is 1. The van der Waals surface area contributed by atoms with Crippen LogP contribution >= 0.6 is 15.9 Å². The molecule has 1 saturated heterocycles. The minimum atomic E-state index is -0.115. The van der Waals surface area contributed by atoms with Crippen LogP contribution in [0.4, 0.5) is 5.82 Å². The number of piperazine rings is 1. The van der Waals surface area contributed by atoms with Gasteiger partial charge in [0, 0.05) is 24.6 Å². The maximum absolute atomic E-state index is 11.4. The third-order valence-corrected chi connectivity index (χ3v) is 3.12. The molecule has 18 heavy (non-hydrogen) atoms.